The Morgan fingerprint density at radius 2 is 2.00 bits per heavy atom. The summed E-state index contributed by atoms with van der Waals surface area (Å²) in [5, 5.41) is 9.21. The molecule has 8 heteroatoms. The Labute approximate surface area is 220 Å². The molecule has 3 heterocycles. The summed E-state index contributed by atoms with van der Waals surface area (Å²) < 4.78 is 5.04. The predicted molar refractivity (Wildman–Crippen MR) is 143 cm³/mol. The first-order valence-electron chi connectivity index (χ1n) is 13.7. The molecule has 3 aliphatic heterocycles. The third-order valence-electron chi connectivity index (χ3n) is 7.85. The number of rotatable bonds is 17. The van der Waals surface area contributed by atoms with Gasteiger partial charge in [-0.3, -0.25) is 14.4 Å². The standard InChI is InChI=1S/C28H44N2O5S/c1-4-7-10-17-29(16-6-3)26(33)24-28-15-14-21(36-28)22(27(34)35-20-13-8-5-2)23(28)25(32)30(24)18-11-9-12-19-31/h5-6,21-24,31H,2-4,7-20H2,1H3/t21-,22+,23-,24?,28?/m0/s1. The van der Waals surface area contributed by atoms with Crippen LogP contribution in [0.3, 0.4) is 0 Å². The van der Waals surface area contributed by atoms with Crippen molar-refractivity contribution in [3.8, 4) is 0 Å². The molecule has 0 radical (unpaired) electrons. The molecule has 3 rings (SSSR count). The van der Waals surface area contributed by atoms with Crippen LogP contribution in [0.4, 0.5) is 0 Å². The molecule has 7 nitrogen and oxygen atoms in total. The number of hydrogen-bond donors (Lipinski definition) is 1. The number of ether oxygens (including phenoxy) is 1. The van der Waals surface area contributed by atoms with E-state index < -0.39 is 22.6 Å². The van der Waals surface area contributed by atoms with Crippen LogP contribution in [0.2, 0.25) is 0 Å². The first-order valence-corrected chi connectivity index (χ1v) is 14.6. The van der Waals surface area contributed by atoms with Crippen LogP contribution in [0.15, 0.2) is 25.3 Å². The van der Waals surface area contributed by atoms with Gasteiger partial charge in [0.1, 0.15) is 6.04 Å². The summed E-state index contributed by atoms with van der Waals surface area (Å²) in [5.74, 6) is -1.40. The predicted octanol–water partition coefficient (Wildman–Crippen LogP) is 3.95. The van der Waals surface area contributed by atoms with Gasteiger partial charge >= 0.3 is 5.97 Å². The zero-order valence-electron chi connectivity index (χ0n) is 21.9. The highest BCUT2D eigenvalue weighted by atomic mass is 32.2. The lowest BCUT2D eigenvalue weighted by molar-refractivity contribution is -0.154. The minimum Gasteiger partial charge on any atom is -0.465 e. The number of esters is 1. The van der Waals surface area contributed by atoms with Crippen molar-refractivity contribution in [2.24, 2.45) is 11.8 Å². The lowest BCUT2D eigenvalue weighted by Gasteiger charge is -2.37. The molecule has 3 fully saturated rings. The average molecular weight is 521 g/mol. The quantitative estimate of drug-likeness (QED) is 0.178. The first kappa shape index (κ1) is 28.8. The van der Waals surface area contributed by atoms with Gasteiger partial charge in [0, 0.05) is 31.5 Å². The number of aliphatic hydroxyl groups is 1. The highest BCUT2D eigenvalue weighted by Gasteiger charge is 2.74. The Morgan fingerprint density at radius 3 is 2.69 bits per heavy atom. The smallest absolute Gasteiger partial charge is 0.310 e. The van der Waals surface area contributed by atoms with Crippen molar-refractivity contribution >= 4 is 29.5 Å². The Morgan fingerprint density at radius 1 is 1.19 bits per heavy atom. The molecular formula is C28H44N2O5S. The van der Waals surface area contributed by atoms with E-state index in [0.29, 0.717) is 32.7 Å². The normalized spacial score (nSPS) is 28.3. The number of amides is 2. The van der Waals surface area contributed by atoms with Crippen LogP contribution in [-0.4, -0.2) is 81.6 Å². The Balaban J connectivity index is 1.87. The van der Waals surface area contributed by atoms with E-state index >= 15 is 0 Å². The van der Waals surface area contributed by atoms with Crippen LogP contribution in [0.1, 0.15) is 71.1 Å². The van der Waals surface area contributed by atoms with Crippen molar-refractivity contribution in [3.63, 3.8) is 0 Å². The van der Waals surface area contributed by atoms with Crippen LogP contribution in [0, 0.1) is 11.8 Å². The number of unbranched alkanes of at least 4 members (excludes halogenated alkanes) is 5. The number of carbonyl (C=O) groups excluding carboxylic acids is 3. The highest BCUT2D eigenvalue weighted by Crippen LogP contribution is 2.66. The van der Waals surface area contributed by atoms with Gasteiger partial charge in [0.05, 0.1) is 23.2 Å². The molecular weight excluding hydrogens is 476 g/mol. The summed E-state index contributed by atoms with van der Waals surface area (Å²) in [5.41, 5.74) is 0. The van der Waals surface area contributed by atoms with Gasteiger partial charge in [-0.1, -0.05) is 31.9 Å². The van der Waals surface area contributed by atoms with E-state index in [2.05, 4.69) is 20.1 Å². The molecule has 2 amide bonds. The van der Waals surface area contributed by atoms with Gasteiger partial charge in [0.25, 0.3) is 0 Å². The van der Waals surface area contributed by atoms with Gasteiger partial charge in [-0.2, -0.15) is 0 Å². The zero-order valence-corrected chi connectivity index (χ0v) is 22.7. The number of nitrogens with zero attached hydrogens (tertiary/aromatic N) is 2. The number of fused-ring (bicyclic) bond motifs is 1. The summed E-state index contributed by atoms with van der Waals surface area (Å²) in [7, 11) is 0. The first-order chi connectivity index (χ1) is 17.5. The summed E-state index contributed by atoms with van der Waals surface area (Å²) in [6.45, 7) is 11.7. The molecule has 2 bridgehead atoms. The zero-order chi connectivity index (χ0) is 26.1. The number of aliphatic hydroxyl groups excluding tert-OH is 1. The Kier molecular flexibility index (Phi) is 10.9. The summed E-state index contributed by atoms with van der Waals surface area (Å²) in [6.07, 6.45) is 11.8. The van der Waals surface area contributed by atoms with E-state index in [9.17, 15) is 19.5 Å². The average Bonchev–Trinajstić information content (AvgIpc) is 3.51. The maximum atomic E-state index is 14.1. The number of thioether (sulfide) groups is 1. The van der Waals surface area contributed by atoms with Crippen LogP contribution >= 0.6 is 11.8 Å². The molecule has 1 N–H and O–H groups in total. The van der Waals surface area contributed by atoms with E-state index in [-0.39, 0.29) is 29.6 Å². The second-order valence-electron chi connectivity index (χ2n) is 10.3. The van der Waals surface area contributed by atoms with Crippen LogP contribution in [0.5, 0.6) is 0 Å². The summed E-state index contributed by atoms with van der Waals surface area (Å²) >= 11 is 1.69. The lowest BCUT2D eigenvalue weighted by atomic mass is 9.71. The molecule has 0 aromatic carbocycles. The Bertz CT molecular complexity index is 805. The molecule has 0 aliphatic carbocycles. The summed E-state index contributed by atoms with van der Waals surface area (Å²) in [4.78, 5) is 44.9. The van der Waals surface area contributed by atoms with Gasteiger partial charge < -0.3 is 19.6 Å². The van der Waals surface area contributed by atoms with E-state index in [0.717, 1.165) is 57.8 Å². The van der Waals surface area contributed by atoms with Crippen molar-refractivity contribution in [2.75, 3.05) is 32.8 Å². The lowest BCUT2D eigenvalue weighted by Crippen LogP contribution is -2.55. The van der Waals surface area contributed by atoms with Gasteiger partial charge in [-0.25, -0.2) is 0 Å². The third-order valence-corrected chi connectivity index (χ3v) is 9.80. The molecule has 0 aromatic heterocycles. The van der Waals surface area contributed by atoms with E-state index in [1.807, 2.05) is 4.90 Å². The minimum absolute atomic E-state index is 0.0165. The fourth-order valence-electron chi connectivity index (χ4n) is 6.18. The van der Waals surface area contributed by atoms with Crippen molar-refractivity contribution in [1.82, 2.24) is 9.80 Å². The molecule has 1 spiro atoms. The van der Waals surface area contributed by atoms with Gasteiger partial charge in [-0.15, -0.1) is 24.9 Å². The SMILES string of the molecule is C=CCCCOC(=O)[C@@H]1[C@@H]2CCC3(S2)C(C(=O)N(CC=C)CCCCC)N(CCCCCO)C(=O)[C@H]13. The van der Waals surface area contributed by atoms with Gasteiger partial charge in [0.2, 0.25) is 11.8 Å². The van der Waals surface area contributed by atoms with Gasteiger partial charge in [-0.05, 0) is 51.4 Å². The molecule has 202 valence electrons. The minimum atomic E-state index is -0.579. The highest BCUT2D eigenvalue weighted by molar-refractivity contribution is 8.02. The Hall–Kier alpha value is -1.80. The molecule has 5 atom stereocenters. The molecule has 3 saturated heterocycles. The van der Waals surface area contributed by atoms with Gasteiger partial charge in [0.15, 0.2) is 0 Å². The molecule has 0 saturated carbocycles. The second-order valence-corrected chi connectivity index (χ2v) is 11.9. The number of carbonyl (C=O) groups is 3. The second kappa shape index (κ2) is 13.7. The van der Waals surface area contributed by atoms with Crippen molar-refractivity contribution < 1.29 is 24.2 Å². The number of likely N-dealkylation sites (tertiary alicyclic amines) is 1. The van der Waals surface area contributed by atoms with Crippen LogP contribution in [-0.2, 0) is 19.1 Å². The largest absolute Gasteiger partial charge is 0.465 e. The topological polar surface area (TPSA) is 87.2 Å². The van der Waals surface area contributed by atoms with E-state index in [1.54, 1.807) is 28.8 Å². The monoisotopic (exact) mass is 520 g/mol. The fraction of sp³-hybridized carbons (Fsp3) is 0.750. The van der Waals surface area contributed by atoms with Crippen molar-refractivity contribution in [3.05, 3.63) is 25.3 Å². The maximum Gasteiger partial charge on any atom is 0.310 e. The molecule has 36 heavy (non-hydrogen) atoms. The number of hydrogen-bond acceptors (Lipinski definition) is 6. The number of allylic oxidation sites excluding steroid dienone is 1. The maximum absolute atomic E-state index is 14.1. The fourth-order valence-corrected chi connectivity index (χ4v) is 8.38. The van der Waals surface area contributed by atoms with Crippen LogP contribution < -0.4 is 0 Å². The van der Waals surface area contributed by atoms with E-state index in [1.165, 1.54) is 0 Å². The van der Waals surface area contributed by atoms with E-state index in [4.69, 9.17) is 4.74 Å². The molecule has 0 aromatic rings. The molecule has 2 unspecified atom stereocenters. The summed E-state index contributed by atoms with van der Waals surface area (Å²) in [6, 6.07) is -0.570. The van der Waals surface area contributed by atoms with Crippen molar-refractivity contribution in [2.45, 2.75) is 87.2 Å². The van der Waals surface area contributed by atoms with Crippen molar-refractivity contribution in [1.29, 1.82) is 0 Å². The molecule has 3 aliphatic rings. The third kappa shape index (κ3) is 5.85. The van der Waals surface area contributed by atoms with Crippen LogP contribution in [0.25, 0.3) is 0 Å².